The number of halogens is 2. The Labute approximate surface area is 147 Å². The van der Waals surface area contributed by atoms with Crippen LogP contribution in [0.1, 0.15) is 25.0 Å². The Kier molecular flexibility index (Phi) is 6.58. The summed E-state index contributed by atoms with van der Waals surface area (Å²) in [4.78, 5) is 0. The molecule has 0 aliphatic heterocycles. The van der Waals surface area contributed by atoms with E-state index in [9.17, 15) is 0 Å². The fourth-order valence-corrected chi connectivity index (χ4v) is 2.55. The fraction of sp³-hybridized carbons (Fsp3) is 0.333. The minimum absolute atomic E-state index is 0.104. The summed E-state index contributed by atoms with van der Waals surface area (Å²) in [5.41, 5.74) is 7.93. The molecule has 2 N–H and O–H groups in total. The van der Waals surface area contributed by atoms with Gasteiger partial charge < -0.3 is 15.2 Å². The molecule has 1 atom stereocenters. The van der Waals surface area contributed by atoms with Crippen molar-refractivity contribution in [1.29, 1.82) is 0 Å². The van der Waals surface area contributed by atoms with Crippen molar-refractivity contribution in [2.75, 3.05) is 6.61 Å². The minimum Gasteiger partial charge on any atom is -0.490 e. The number of hydrogen-bond donors (Lipinski definition) is 1. The molecule has 2 aromatic carbocycles. The predicted octanol–water partition coefficient (Wildman–Crippen LogP) is 4.86. The number of benzene rings is 2. The second kappa shape index (κ2) is 8.44. The van der Waals surface area contributed by atoms with Crippen LogP contribution in [-0.2, 0) is 13.0 Å². The molecule has 3 nitrogen and oxygen atoms in total. The fourth-order valence-electron chi connectivity index (χ4n) is 2.23. The van der Waals surface area contributed by atoms with E-state index in [1.54, 1.807) is 12.1 Å². The lowest BCUT2D eigenvalue weighted by molar-refractivity contribution is 0.269. The van der Waals surface area contributed by atoms with Crippen LogP contribution < -0.4 is 15.2 Å². The lowest BCUT2D eigenvalue weighted by Crippen LogP contribution is -2.17. The van der Waals surface area contributed by atoms with Crippen LogP contribution in [0.5, 0.6) is 11.5 Å². The van der Waals surface area contributed by atoms with Crippen LogP contribution in [0.3, 0.4) is 0 Å². The summed E-state index contributed by atoms with van der Waals surface area (Å²) in [6.07, 6.45) is 0.799. The van der Waals surface area contributed by atoms with Gasteiger partial charge in [0, 0.05) is 6.04 Å². The Hall–Kier alpha value is -1.42. The molecular weight excluding hydrogens is 333 g/mol. The Balaban J connectivity index is 2.12. The molecule has 0 bridgehead atoms. The van der Waals surface area contributed by atoms with Crippen molar-refractivity contribution in [2.24, 2.45) is 5.73 Å². The molecule has 1 unspecified atom stereocenters. The molecule has 5 heteroatoms. The molecule has 0 fully saturated rings. The van der Waals surface area contributed by atoms with Crippen LogP contribution >= 0.6 is 23.2 Å². The zero-order chi connectivity index (χ0) is 16.8. The summed E-state index contributed by atoms with van der Waals surface area (Å²) in [5.74, 6) is 1.43. The molecule has 0 spiro atoms. The quantitative estimate of drug-likeness (QED) is 0.772. The lowest BCUT2D eigenvalue weighted by atomic mass is 10.1. The monoisotopic (exact) mass is 353 g/mol. The minimum atomic E-state index is 0.104. The summed E-state index contributed by atoms with van der Waals surface area (Å²) in [5, 5.41) is 1.05. The summed E-state index contributed by atoms with van der Waals surface area (Å²) < 4.78 is 11.6. The van der Waals surface area contributed by atoms with E-state index in [1.165, 1.54) is 0 Å². The molecule has 0 aliphatic carbocycles. The molecule has 2 aromatic rings. The van der Waals surface area contributed by atoms with Gasteiger partial charge in [0.2, 0.25) is 0 Å². The van der Waals surface area contributed by atoms with Gasteiger partial charge in [0.05, 0.1) is 16.7 Å². The lowest BCUT2D eigenvalue weighted by Gasteiger charge is -2.14. The van der Waals surface area contributed by atoms with Crippen molar-refractivity contribution < 1.29 is 9.47 Å². The molecular formula is C18H21Cl2NO2. The van der Waals surface area contributed by atoms with Gasteiger partial charge in [-0.15, -0.1) is 0 Å². The first kappa shape index (κ1) is 17.9. The smallest absolute Gasteiger partial charge is 0.161 e. The van der Waals surface area contributed by atoms with Crippen molar-refractivity contribution in [1.82, 2.24) is 0 Å². The van der Waals surface area contributed by atoms with Crippen molar-refractivity contribution in [3.63, 3.8) is 0 Å². The van der Waals surface area contributed by atoms with Gasteiger partial charge in [-0.05, 0) is 55.7 Å². The van der Waals surface area contributed by atoms with E-state index in [0.717, 1.165) is 23.3 Å². The van der Waals surface area contributed by atoms with E-state index in [0.29, 0.717) is 29.0 Å². The van der Waals surface area contributed by atoms with Crippen molar-refractivity contribution in [3.05, 3.63) is 57.6 Å². The zero-order valence-corrected chi connectivity index (χ0v) is 14.8. The summed E-state index contributed by atoms with van der Waals surface area (Å²) >= 11 is 11.9. The number of hydrogen-bond acceptors (Lipinski definition) is 3. The number of ether oxygens (including phenoxy) is 2. The largest absolute Gasteiger partial charge is 0.490 e. The molecule has 0 heterocycles. The molecule has 0 aliphatic rings. The van der Waals surface area contributed by atoms with Crippen molar-refractivity contribution >= 4 is 23.2 Å². The van der Waals surface area contributed by atoms with E-state index >= 15 is 0 Å². The first-order valence-corrected chi connectivity index (χ1v) is 8.33. The Morgan fingerprint density at radius 1 is 0.957 bits per heavy atom. The van der Waals surface area contributed by atoms with E-state index in [-0.39, 0.29) is 6.04 Å². The average Bonchev–Trinajstić information content (AvgIpc) is 2.49. The highest BCUT2D eigenvalue weighted by molar-refractivity contribution is 6.42. The van der Waals surface area contributed by atoms with Gasteiger partial charge in [-0.3, -0.25) is 0 Å². The molecule has 0 saturated heterocycles. The van der Waals surface area contributed by atoms with Crippen molar-refractivity contribution in [3.8, 4) is 11.5 Å². The SMILES string of the molecule is CCOc1cc(CC(C)N)ccc1OCc1ccc(Cl)c(Cl)c1. The molecule has 0 aromatic heterocycles. The van der Waals surface area contributed by atoms with Crippen LogP contribution in [0.25, 0.3) is 0 Å². The van der Waals surface area contributed by atoms with Crippen LogP contribution in [0.4, 0.5) is 0 Å². The van der Waals surface area contributed by atoms with Gasteiger partial charge in [-0.25, -0.2) is 0 Å². The molecule has 124 valence electrons. The second-order valence-corrected chi connectivity index (χ2v) is 6.25. The highest BCUT2D eigenvalue weighted by Crippen LogP contribution is 2.30. The van der Waals surface area contributed by atoms with Crippen LogP contribution in [0.15, 0.2) is 36.4 Å². The summed E-state index contributed by atoms with van der Waals surface area (Å²) in [7, 11) is 0. The summed E-state index contributed by atoms with van der Waals surface area (Å²) in [6, 6.07) is 11.5. The van der Waals surface area contributed by atoms with Gasteiger partial charge >= 0.3 is 0 Å². The Bertz CT molecular complexity index is 659. The third kappa shape index (κ3) is 5.31. The highest BCUT2D eigenvalue weighted by Gasteiger charge is 2.09. The standard InChI is InChI=1S/C18H21Cl2NO2/c1-3-22-18-10-13(8-12(2)21)5-7-17(18)23-11-14-4-6-15(19)16(20)9-14/h4-7,9-10,12H,3,8,11,21H2,1-2H3. The van der Waals surface area contributed by atoms with E-state index in [2.05, 4.69) is 0 Å². The zero-order valence-electron chi connectivity index (χ0n) is 13.3. The third-order valence-electron chi connectivity index (χ3n) is 3.24. The van der Waals surface area contributed by atoms with Gasteiger partial charge in [0.15, 0.2) is 11.5 Å². The van der Waals surface area contributed by atoms with Gasteiger partial charge in [-0.2, -0.15) is 0 Å². The van der Waals surface area contributed by atoms with E-state index in [4.69, 9.17) is 38.4 Å². The molecule has 0 radical (unpaired) electrons. The van der Waals surface area contributed by atoms with Gasteiger partial charge in [0.1, 0.15) is 6.61 Å². The maximum Gasteiger partial charge on any atom is 0.161 e. The van der Waals surface area contributed by atoms with E-state index in [1.807, 2.05) is 38.1 Å². The topological polar surface area (TPSA) is 44.5 Å². The van der Waals surface area contributed by atoms with Gasteiger partial charge in [0.25, 0.3) is 0 Å². The third-order valence-corrected chi connectivity index (χ3v) is 3.98. The number of nitrogens with two attached hydrogens (primary N) is 1. The molecule has 2 rings (SSSR count). The molecule has 0 saturated carbocycles. The van der Waals surface area contributed by atoms with Crippen LogP contribution in [-0.4, -0.2) is 12.6 Å². The number of rotatable bonds is 7. The van der Waals surface area contributed by atoms with Crippen LogP contribution in [0, 0.1) is 0 Å². The Morgan fingerprint density at radius 2 is 1.70 bits per heavy atom. The van der Waals surface area contributed by atoms with Crippen molar-refractivity contribution in [2.45, 2.75) is 32.9 Å². The maximum atomic E-state index is 6.02. The molecule has 23 heavy (non-hydrogen) atoms. The Morgan fingerprint density at radius 3 is 2.35 bits per heavy atom. The predicted molar refractivity (Wildman–Crippen MR) is 95.8 cm³/mol. The first-order chi connectivity index (χ1) is 11.0. The molecule has 0 amide bonds. The summed E-state index contributed by atoms with van der Waals surface area (Å²) in [6.45, 7) is 4.89. The van der Waals surface area contributed by atoms with E-state index < -0.39 is 0 Å². The first-order valence-electron chi connectivity index (χ1n) is 7.57. The normalized spacial score (nSPS) is 12.0. The average molecular weight is 354 g/mol. The maximum absolute atomic E-state index is 6.02. The second-order valence-electron chi connectivity index (χ2n) is 5.43. The van der Waals surface area contributed by atoms with Gasteiger partial charge in [-0.1, -0.05) is 35.3 Å². The van der Waals surface area contributed by atoms with Crippen LogP contribution in [0.2, 0.25) is 10.0 Å². The highest BCUT2D eigenvalue weighted by atomic mass is 35.5.